The smallest absolute Gasteiger partial charge is 0.333 e. The van der Waals surface area contributed by atoms with Crippen molar-refractivity contribution in [3.05, 3.63) is 54.1 Å². The largest absolute Gasteiger partial charge is 0.466 e. The summed E-state index contributed by atoms with van der Waals surface area (Å²) in [5.41, 5.74) is 1.17. The van der Waals surface area contributed by atoms with Crippen molar-refractivity contribution in [2.24, 2.45) is 5.92 Å². The van der Waals surface area contributed by atoms with Crippen LogP contribution in [0.1, 0.15) is 18.4 Å². The van der Waals surface area contributed by atoms with Gasteiger partial charge in [0.2, 0.25) is 0 Å². The van der Waals surface area contributed by atoms with E-state index in [-0.39, 0.29) is 12.2 Å². The molecule has 0 radical (unpaired) electrons. The molecule has 0 fully saturated rings. The lowest BCUT2D eigenvalue weighted by molar-refractivity contribution is -0.137. The Morgan fingerprint density at radius 1 is 1.38 bits per heavy atom. The molecule has 0 aliphatic carbocycles. The number of hydrogen-bond donors (Lipinski definition) is 2. The first-order valence-corrected chi connectivity index (χ1v) is 6.89. The number of aliphatic hydroxyl groups is 2. The number of ether oxygens (including phenoxy) is 1. The molecule has 0 spiro atoms. The van der Waals surface area contributed by atoms with Gasteiger partial charge < -0.3 is 14.9 Å². The van der Waals surface area contributed by atoms with Crippen LogP contribution < -0.4 is 0 Å². The third kappa shape index (κ3) is 5.53. The average Bonchev–Trinajstić information content (AvgIpc) is 2.52. The summed E-state index contributed by atoms with van der Waals surface area (Å²) in [4.78, 5) is 11.6. The molecule has 2 unspecified atom stereocenters. The van der Waals surface area contributed by atoms with Crippen LogP contribution in [0.2, 0.25) is 0 Å². The second-order valence-corrected chi connectivity index (χ2v) is 4.75. The molecule has 1 aromatic carbocycles. The van der Waals surface area contributed by atoms with E-state index >= 15 is 0 Å². The minimum atomic E-state index is -0.788. The molecular weight excluding hydrogens is 268 g/mol. The minimum absolute atomic E-state index is 0.00310. The third-order valence-corrected chi connectivity index (χ3v) is 3.22. The Bertz CT molecular complexity index is 479. The highest BCUT2D eigenvalue weighted by atomic mass is 16.5. The van der Waals surface area contributed by atoms with Crippen LogP contribution in [0.5, 0.6) is 0 Å². The molecule has 0 aliphatic heterocycles. The second kappa shape index (κ2) is 9.10. The first kappa shape index (κ1) is 17.1. The number of aliphatic hydroxyl groups excluding tert-OH is 2. The van der Waals surface area contributed by atoms with Gasteiger partial charge in [0.05, 0.1) is 13.2 Å². The van der Waals surface area contributed by atoms with Crippen molar-refractivity contribution in [1.82, 2.24) is 0 Å². The number of hydrogen-bond acceptors (Lipinski definition) is 4. The van der Waals surface area contributed by atoms with Crippen molar-refractivity contribution in [2.45, 2.75) is 18.9 Å². The van der Waals surface area contributed by atoms with E-state index < -0.39 is 18.0 Å². The maximum Gasteiger partial charge on any atom is 0.333 e. The number of rotatable bonds is 8. The summed E-state index contributed by atoms with van der Waals surface area (Å²) in [5, 5.41) is 19.1. The zero-order valence-corrected chi connectivity index (χ0v) is 12.2. The lowest BCUT2D eigenvalue weighted by Gasteiger charge is -2.20. The molecule has 0 aliphatic rings. The number of benzene rings is 1. The van der Waals surface area contributed by atoms with Gasteiger partial charge in [0.15, 0.2) is 0 Å². The maximum atomic E-state index is 11.6. The molecule has 114 valence electrons. The Morgan fingerprint density at radius 3 is 2.62 bits per heavy atom. The van der Waals surface area contributed by atoms with Crippen molar-refractivity contribution in [3.8, 4) is 0 Å². The molecule has 4 heteroatoms. The number of carbonyl (C=O) groups is 1. The summed E-state index contributed by atoms with van der Waals surface area (Å²) in [6.07, 6.45) is 3.64. The van der Waals surface area contributed by atoms with Gasteiger partial charge in [-0.25, -0.2) is 4.79 Å². The predicted molar refractivity (Wildman–Crippen MR) is 82.4 cm³/mol. The van der Waals surface area contributed by atoms with Gasteiger partial charge >= 0.3 is 5.97 Å². The highest BCUT2D eigenvalue weighted by Gasteiger charge is 2.24. The summed E-state index contributed by atoms with van der Waals surface area (Å²) in [5.74, 6) is -1.08. The van der Waals surface area contributed by atoms with Crippen LogP contribution in [0.15, 0.2) is 48.6 Å². The topological polar surface area (TPSA) is 66.8 Å². The van der Waals surface area contributed by atoms with E-state index in [2.05, 4.69) is 11.3 Å². The Kier molecular flexibility index (Phi) is 7.43. The van der Waals surface area contributed by atoms with Gasteiger partial charge in [0, 0.05) is 18.1 Å². The van der Waals surface area contributed by atoms with Crippen LogP contribution in [-0.2, 0) is 9.53 Å². The molecule has 2 atom stereocenters. The summed E-state index contributed by atoms with van der Waals surface area (Å²) in [6.45, 7) is 3.72. The van der Waals surface area contributed by atoms with Gasteiger partial charge in [0.25, 0.3) is 0 Å². The fraction of sp³-hybridized carbons (Fsp3) is 0.353. The molecular formula is C17H22O4. The van der Waals surface area contributed by atoms with Gasteiger partial charge in [-0.15, -0.1) is 0 Å². The third-order valence-electron chi connectivity index (χ3n) is 3.22. The van der Waals surface area contributed by atoms with Crippen molar-refractivity contribution < 1.29 is 19.7 Å². The average molecular weight is 290 g/mol. The van der Waals surface area contributed by atoms with Crippen molar-refractivity contribution in [2.75, 3.05) is 13.7 Å². The summed E-state index contributed by atoms with van der Waals surface area (Å²) in [6, 6.07) is 9.58. The Hall–Kier alpha value is -1.91. The summed E-state index contributed by atoms with van der Waals surface area (Å²) >= 11 is 0. The van der Waals surface area contributed by atoms with Gasteiger partial charge in [-0.05, 0) is 18.4 Å². The van der Waals surface area contributed by atoms with E-state index in [0.717, 1.165) is 5.56 Å². The number of carbonyl (C=O) groups excluding carboxylic acids is 1. The molecule has 0 saturated heterocycles. The fourth-order valence-corrected chi connectivity index (χ4v) is 2.00. The van der Waals surface area contributed by atoms with Gasteiger partial charge in [0.1, 0.15) is 0 Å². The SMILES string of the molecule is C=C(C(=O)OC)C(C=Cc1ccccc1)C(O)CCCO. The number of esters is 1. The van der Waals surface area contributed by atoms with Crippen LogP contribution in [-0.4, -0.2) is 36.0 Å². The first-order valence-electron chi connectivity index (χ1n) is 6.89. The van der Waals surface area contributed by atoms with E-state index in [9.17, 15) is 9.90 Å². The molecule has 1 rings (SSSR count). The highest BCUT2D eigenvalue weighted by Crippen LogP contribution is 2.21. The van der Waals surface area contributed by atoms with E-state index in [4.69, 9.17) is 5.11 Å². The van der Waals surface area contributed by atoms with E-state index in [1.807, 2.05) is 36.4 Å². The predicted octanol–water partition coefficient (Wildman–Crippen LogP) is 2.18. The van der Waals surface area contributed by atoms with E-state index in [1.165, 1.54) is 7.11 Å². The van der Waals surface area contributed by atoms with Crippen LogP contribution in [0.3, 0.4) is 0 Å². The zero-order chi connectivity index (χ0) is 15.7. The monoisotopic (exact) mass is 290 g/mol. The highest BCUT2D eigenvalue weighted by molar-refractivity contribution is 5.89. The molecule has 0 bridgehead atoms. The zero-order valence-electron chi connectivity index (χ0n) is 12.2. The normalized spacial score (nSPS) is 13.9. The standard InChI is InChI=1S/C17H22O4/c1-13(17(20)21-2)15(16(19)9-6-12-18)11-10-14-7-4-3-5-8-14/h3-5,7-8,10-11,15-16,18-19H,1,6,9,12H2,2H3. The summed E-state index contributed by atoms with van der Waals surface area (Å²) < 4.78 is 4.67. The lowest BCUT2D eigenvalue weighted by Crippen LogP contribution is -2.25. The van der Waals surface area contributed by atoms with Crippen molar-refractivity contribution >= 4 is 12.0 Å². The lowest BCUT2D eigenvalue weighted by atomic mass is 9.90. The number of methoxy groups -OCH3 is 1. The molecule has 0 amide bonds. The van der Waals surface area contributed by atoms with Gasteiger partial charge in [-0.3, -0.25) is 0 Å². The van der Waals surface area contributed by atoms with Crippen LogP contribution in [0.25, 0.3) is 6.08 Å². The Morgan fingerprint density at radius 2 is 2.05 bits per heavy atom. The quantitative estimate of drug-likeness (QED) is 0.569. The van der Waals surface area contributed by atoms with E-state index in [0.29, 0.717) is 12.8 Å². The molecule has 0 heterocycles. The van der Waals surface area contributed by atoms with E-state index in [1.54, 1.807) is 6.08 Å². The molecule has 1 aromatic rings. The van der Waals surface area contributed by atoms with Gasteiger partial charge in [-0.1, -0.05) is 49.1 Å². The summed E-state index contributed by atoms with van der Waals surface area (Å²) in [7, 11) is 1.28. The van der Waals surface area contributed by atoms with Crippen molar-refractivity contribution in [1.29, 1.82) is 0 Å². The first-order chi connectivity index (χ1) is 10.1. The van der Waals surface area contributed by atoms with Crippen molar-refractivity contribution in [3.63, 3.8) is 0 Å². The molecule has 21 heavy (non-hydrogen) atoms. The molecule has 4 nitrogen and oxygen atoms in total. The Labute approximate surface area is 125 Å². The molecule has 0 saturated carbocycles. The Balaban J connectivity index is 2.88. The molecule has 2 N–H and O–H groups in total. The fourth-order valence-electron chi connectivity index (χ4n) is 2.00. The maximum absolute atomic E-state index is 11.6. The minimum Gasteiger partial charge on any atom is -0.466 e. The second-order valence-electron chi connectivity index (χ2n) is 4.75. The van der Waals surface area contributed by atoms with Crippen LogP contribution in [0.4, 0.5) is 0 Å². The van der Waals surface area contributed by atoms with Crippen LogP contribution >= 0.6 is 0 Å². The van der Waals surface area contributed by atoms with Crippen LogP contribution in [0, 0.1) is 5.92 Å². The molecule has 0 aromatic heterocycles. The van der Waals surface area contributed by atoms with Gasteiger partial charge in [-0.2, -0.15) is 0 Å².